The molecule has 1 aromatic carbocycles. The highest BCUT2D eigenvalue weighted by atomic mass is 35.5. The largest absolute Gasteiger partial charge is 0.205 e. The Morgan fingerprint density at radius 3 is 2.93 bits per heavy atom. The van der Waals surface area contributed by atoms with Crippen LogP contribution in [0.15, 0.2) is 18.2 Å². The molecule has 0 spiro atoms. The molecule has 2 rings (SSSR count). The lowest BCUT2D eigenvalue weighted by Gasteiger charge is -1.90. The van der Waals surface area contributed by atoms with Crippen molar-refractivity contribution >= 4 is 33.0 Å². The lowest BCUT2D eigenvalue weighted by molar-refractivity contribution is 0.642. The van der Waals surface area contributed by atoms with E-state index in [4.69, 9.17) is 16.9 Å². The van der Waals surface area contributed by atoms with Crippen LogP contribution >= 0.6 is 22.9 Å². The van der Waals surface area contributed by atoms with Gasteiger partial charge in [0.2, 0.25) is 0 Å². The molecule has 0 atom stereocenters. The molecule has 0 N–H and O–H groups in total. The highest BCUT2D eigenvalue weighted by Gasteiger charge is 2.12. The number of fused-ring (bicyclic) bond motifs is 1. The average Bonchev–Trinajstić information content (AvgIpc) is 2.48. The van der Waals surface area contributed by atoms with Crippen molar-refractivity contribution in [3.63, 3.8) is 0 Å². The van der Waals surface area contributed by atoms with E-state index in [1.807, 2.05) is 6.07 Å². The van der Waals surface area contributed by atoms with Gasteiger partial charge in [-0.2, -0.15) is 5.26 Å². The van der Waals surface area contributed by atoms with Gasteiger partial charge in [0.25, 0.3) is 0 Å². The molecule has 1 heterocycles. The van der Waals surface area contributed by atoms with E-state index in [1.165, 1.54) is 17.4 Å². The van der Waals surface area contributed by atoms with Crippen LogP contribution in [-0.2, 0) is 6.42 Å². The van der Waals surface area contributed by atoms with Gasteiger partial charge >= 0.3 is 0 Å². The fraction of sp³-hybridized carbons (Fsp3) is 0.100. The van der Waals surface area contributed by atoms with E-state index in [0.717, 1.165) is 4.88 Å². The van der Waals surface area contributed by atoms with Gasteiger partial charge in [0.1, 0.15) is 5.82 Å². The molecular formula is C10H5ClFNS. The average molecular weight is 226 g/mol. The minimum absolute atomic E-state index is 0.234. The van der Waals surface area contributed by atoms with E-state index in [0.29, 0.717) is 15.1 Å². The summed E-state index contributed by atoms with van der Waals surface area (Å²) in [5.41, 5.74) is 0. The van der Waals surface area contributed by atoms with E-state index in [1.54, 1.807) is 12.1 Å². The molecule has 14 heavy (non-hydrogen) atoms. The van der Waals surface area contributed by atoms with Crippen LogP contribution in [0, 0.1) is 17.1 Å². The molecule has 70 valence electrons. The van der Waals surface area contributed by atoms with Crippen LogP contribution in [0.5, 0.6) is 0 Å². The number of rotatable bonds is 1. The van der Waals surface area contributed by atoms with E-state index < -0.39 is 0 Å². The molecule has 0 saturated heterocycles. The Morgan fingerprint density at radius 2 is 2.29 bits per heavy atom. The zero-order chi connectivity index (χ0) is 10.1. The highest BCUT2D eigenvalue weighted by Crippen LogP contribution is 2.36. The van der Waals surface area contributed by atoms with Crippen molar-refractivity contribution in [2.75, 3.05) is 0 Å². The number of nitrogens with zero attached hydrogens (tertiary/aromatic N) is 1. The first kappa shape index (κ1) is 9.45. The lowest BCUT2D eigenvalue weighted by Crippen LogP contribution is -1.73. The van der Waals surface area contributed by atoms with E-state index >= 15 is 0 Å². The summed E-state index contributed by atoms with van der Waals surface area (Å²) in [6.07, 6.45) is 0.234. The van der Waals surface area contributed by atoms with Gasteiger partial charge in [-0.1, -0.05) is 23.7 Å². The highest BCUT2D eigenvalue weighted by molar-refractivity contribution is 7.19. The lowest BCUT2D eigenvalue weighted by atomic mass is 10.2. The molecule has 1 nitrogen and oxygen atoms in total. The molecule has 0 aliphatic heterocycles. The SMILES string of the molecule is N#CCc1sc2c(F)cccc2c1Cl. The number of benzene rings is 1. The summed E-state index contributed by atoms with van der Waals surface area (Å²) in [6.45, 7) is 0. The maximum Gasteiger partial charge on any atom is 0.141 e. The molecule has 0 aliphatic rings. The molecule has 2 aromatic rings. The predicted octanol–water partition coefficient (Wildman–Crippen LogP) is 3.76. The summed E-state index contributed by atoms with van der Waals surface area (Å²) in [5, 5.41) is 9.74. The minimum Gasteiger partial charge on any atom is -0.205 e. The second kappa shape index (κ2) is 3.56. The quantitative estimate of drug-likeness (QED) is 0.725. The first-order chi connectivity index (χ1) is 6.74. The van der Waals surface area contributed by atoms with Crippen molar-refractivity contribution in [1.82, 2.24) is 0 Å². The van der Waals surface area contributed by atoms with Crippen molar-refractivity contribution in [1.29, 1.82) is 5.26 Å². The number of hydrogen-bond acceptors (Lipinski definition) is 2. The molecule has 0 saturated carbocycles. The van der Waals surface area contributed by atoms with Crippen LogP contribution in [0.4, 0.5) is 4.39 Å². The van der Waals surface area contributed by atoms with Crippen LogP contribution in [0.2, 0.25) is 5.02 Å². The maximum atomic E-state index is 13.3. The Labute approximate surface area is 89.3 Å². The normalized spacial score (nSPS) is 10.4. The smallest absolute Gasteiger partial charge is 0.141 e. The van der Waals surface area contributed by atoms with Gasteiger partial charge in [0.15, 0.2) is 0 Å². The number of halogens is 2. The van der Waals surface area contributed by atoms with Crippen LogP contribution in [0.3, 0.4) is 0 Å². The van der Waals surface area contributed by atoms with Gasteiger partial charge in [0.05, 0.1) is 22.2 Å². The predicted molar refractivity (Wildman–Crippen MR) is 56.1 cm³/mol. The van der Waals surface area contributed by atoms with E-state index in [9.17, 15) is 4.39 Å². The minimum atomic E-state index is -0.279. The fourth-order valence-corrected chi connectivity index (χ4v) is 2.71. The summed E-state index contributed by atoms with van der Waals surface area (Å²) in [5.74, 6) is -0.279. The summed E-state index contributed by atoms with van der Waals surface area (Å²) in [7, 11) is 0. The first-order valence-corrected chi connectivity index (χ1v) is 5.16. The number of thiophene rings is 1. The van der Waals surface area contributed by atoms with Crippen molar-refractivity contribution < 1.29 is 4.39 Å². The third-order valence-corrected chi connectivity index (χ3v) is 3.67. The first-order valence-electron chi connectivity index (χ1n) is 3.96. The summed E-state index contributed by atoms with van der Waals surface area (Å²) in [4.78, 5) is 0.731. The van der Waals surface area contributed by atoms with E-state index in [2.05, 4.69) is 0 Å². The topological polar surface area (TPSA) is 23.8 Å². The second-order valence-electron chi connectivity index (χ2n) is 2.79. The Kier molecular flexibility index (Phi) is 2.40. The van der Waals surface area contributed by atoms with Crippen molar-refractivity contribution in [3.05, 3.63) is 33.9 Å². The number of hydrogen-bond donors (Lipinski definition) is 0. The zero-order valence-corrected chi connectivity index (χ0v) is 8.62. The summed E-state index contributed by atoms with van der Waals surface area (Å²) < 4.78 is 13.8. The van der Waals surface area contributed by atoms with E-state index in [-0.39, 0.29) is 12.2 Å². The molecule has 0 aliphatic carbocycles. The van der Waals surface area contributed by atoms with Gasteiger partial charge in [-0.25, -0.2) is 4.39 Å². The Balaban J connectivity index is 2.74. The maximum absolute atomic E-state index is 13.3. The van der Waals surface area contributed by atoms with Crippen LogP contribution in [0.25, 0.3) is 10.1 Å². The third kappa shape index (κ3) is 1.37. The van der Waals surface area contributed by atoms with Crippen LogP contribution in [-0.4, -0.2) is 0 Å². The molecule has 0 amide bonds. The summed E-state index contributed by atoms with van der Waals surface area (Å²) in [6, 6.07) is 6.78. The van der Waals surface area contributed by atoms with Gasteiger partial charge in [-0.05, 0) is 6.07 Å². The molecule has 0 bridgehead atoms. The second-order valence-corrected chi connectivity index (χ2v) is 4.27. The zero-order valence-electron chi connectivity index (χ0n) is 7.05. The molecule has 1 aromatic heterocycles. The molecular weight excluding hydrogens is 221 g/mol. The fourth-order valence-electron chi connectivity index (χ4n) is 1.29. The monoisotopic (exact) mass is 225 g/mol. The van der Waals surface area contributed by atoms with Crippen LogP contribution in [0.1, 0.15) is 4.88 Å². The summed E-state index contributed by atoms with van der Waals surface area (Å²) >= 11 is 7.25. The van der Waals surface area contributed by atoms with Crippen molar-refractivity contribution in [3.8, 4) is 6.07 Å². The van der Waals surface area contributed by atoms with Crippen LogP contribution < -0.4 is 0 Å². The van der Waals surface area contributed by atoms with Gasteiger partial charge in [-0.15, -0.1) is 11.3 Å². The molecule has 0 unspecified atom stereocenters. The standard InChI is InChI=1S/C10H5ClFNS/c11-9-6-2-1-3-7(12)10(6)14-8(9)4-5-13/h1-3H,4H2. The van der Waals surface area contributed by atoms with Gasteiger partial charge < -0.3 is 0 Å². The van der Waals surface area contributed by atoms with Crippen molar-refractivity contribution in [2.24, 2.45) is 0 Å². The Hall–Kier alpha value is -1.11. The van der Waals surface area contributed by atoms with Crippen molar-refractivity contribution in [2.45, 2.75) is 6.42 Å². The third-order valence-electron chi connectivity index (χ3n) is 1.91. The van der Waals surface area contributed by atoms with Gasteiger partial charge in [-0.3, -0.25) is 0 Å². The molecule has 0 fully saturated rings. The number of nitriles is 1. The Bertz CT molecular complexity index is 527. The molecule has 0 radical (unpaired) electrons. The molecule has 4 heteroatoms. The van der Waals surface area contributed by atoms with Gasteiger partial charge in [0, 0.05) is 10.3 Å². The Morgan fingerprint density at radius 1 is 1.50 bits per heavy atom.